The molecule has 0 aliphatic carbocycles. The Bertz CT molecular complexity index is 613. The van der Waals surface area contributed by atoms with E-state index < -0.39 is 0 Å². The van der Waals surface area contributed by atoms with E-state index in [1.165, 1.54) is 66.8 Å². The van der Waals surface area contributed by atoms with Crippen molar-refractivity contribution < 1.29 is 10.2 Å². The molecule has 134 valence electrons. The summed E-state index contributed by atoms with van der Waals surface area (Å²) in [5, 5.41) is 21.0. The first-order valence-electron chi connectivity index (χ1n) is 9.29. The van der Waals surface area contributed by atoms with Gasteiger partial charge in [-0.25, -0.2) is 0 Å². The van der Waals surface area contributed by atoms with Gasteiger partial charge in [0, 0.05) is 10.4 Å². The van der Waals surface area contributed by atoms with Gasteiger partial charge in [-0.1, -0.05) is 75.0 Å². The first kappa shape index (κ1) is 19.3. The van der Waals surface area contributed by atoms with Gasteiger partial charge < -0.3 is 10.2 Å². The lowest BCUT2D eigenvalue weighted by Crippen LogP contribution is -1.85. The molecule has 2 rings (SSSR count). The Balaban J connectivity index is 2.05. The predicted octanol–water partition coefficient (Wildman–Crippen LogP) is 7.13. The molecular weight excluding hydrogens is 336 g/mol. The topological polar surface area (TPSA) is 40.5 Å². The lowest BCUT2D eigenvalue weighted by atomic mass is 10.1. The van der Waals surface area contributed by atoms with Gasteiger partial charge in [0.15, 0.2) is 10.1 Å². The minimum Gasteiger partial charge on any atom is -0.499 e. The normalized spacial score (nSPS) is 11.2. The van der Waals surface area contributed by atoms with Crippen molar-refractivity contribution in [3.63, 3.8) is 0 Å². The molecule has 0 saturated heterocycles. The summed E-state index contributed by atoms with van der Waals surface area (Å²) in [5.74, 6) is 0. The molecule has 0 unspecified atom stereocenters. The maximum absolute atomic E-state index is 10.3. The molecule has 2 N–H and O–H groups in total. The van der Waals surface area contributed by atoms with Gasteiger partial charge in [-0.3, -0.25) is 0 Å². The summed E-state index contributed by atoms with van der Waals surface area (Å²) in [4.78, 5) is 2.25. The molecule has 0 aliphatic heterocycles. The number of aromatic hydroxyl groups is 2. The van der Waals surface area contributed by atoms with Crippen molar-refractivity contribution in [3.8, 4) is 19.9 Å². The van der Waals surface area contributed by atoms with E-state index >= 15 is 0 Å². The smallest absolute Gasteiger partial charge is 0.174 e. The van der Waals surface area contributed by atoms with E-state index in [0.717, 1.165) is 41.0 Å². The Morgan fingerprint density at radius 1 is 0.750 bits per heavy atom. The molecule has 0 bridgehead atoms. The van der Waals surface area contributed by atoms with E-state index in [9.17, 15) is 10.2 Å². The van der Waals surface area contributed by atoms with E-state index in [1.54, 1.807) is 0 Å². The molecule has 4 heteroatoms. The van der Waals surface area contributed by atoms with Gasteiger partial charge in [-0.2, -0.15) is 0 Å². The van der Waals surface area contributed by atoms with Crippen LogP contribution in [0.4, 0.5) is 0 Å². The minimum atomic E-state index is 0.382. The van der Waals surface area contributed by atoms with Gasteiger partial charge in [0.05, 0.1) is 4.88 Å². The molecule has 2 nitrogen and oxygen atoms in total. The minimum absolute atomic E-state index is 0.382. The van der Waals surface area contributed by atoms with Gasteiger partial charge in [0.1, 0.15) is 0 Å². The Morgan fingerprint density at radius 2 is 1.38 bits per heavy atom. The number of thiophene rings is 2. The van der Waals surface area contributed by atoms with E-state index in [4.69, 9.17) is 0 Å². The molecule has 0 radical (unpaired) electrons. The second-order valence-electron chi connectivity index (χ2n) is 6.50. The average Bonchev–Trinajstić information content (AvgIpc) is 3.11. The molecule has 0 aliphatic rings. The molecule has 2 aromatic rings. The van der Waals surface area contributed by atoms with Crippen LogP contribution in [-0.4, -0.2) is 10.2 Å². The van der Waals surface area contributed by atoms with Gasteiger partial charge in [-0.15, -0.1) is 0 Å². The summed E-state index contributed by atoms with van der Waals surface area (Å²) in [6, 6.07) is 4.04. The van der Waals surface area contributed by atoms with Crippen LogP contribution in [0.5, 0.6) is 10.1 Å². The quantitative estimate of drug-likeness (QED) is 0.415. The van der Waals surface area contributed by atoms with E-state index in [2.05, 4.69) is 19.9 Å². The molecule has 24 heavy (non-hydrogen) atoms. The van der Waals surface area contributed by atoms with Crippen LogP contribution in [0.1, 0.15) is 76.3 Å². The van der Waals surface area contributed by atoms with Crippen LogP contribution in [0.15, 0.2) is 12.1 Å². The standard InChI is InChI=1S/C20H30O2S2/c1-3-5-7-9-11-15-14-18(21)24-19(15)17-13-16(20(22)23-17)12-10-8-6-4-2/h13-14,21-22H,3-12H2,1-2H3. The monoisotopic (exact) mass is 366 g/mol. The fraction of sp³-hybridized carbons (Fsp3) is 0.600. The first-order valence-corrected chi connectivity index (χ1v) is 10.9. The van der Waals surface area contributed by atoms with Crippen LogP contribution >= 0.6 is 22.7 Å². The highest BCUT2D eigenvalue weighted by molar-refractivity contribution is 7.24. The zero-order valence-electron chi connectivity index (χ0n) is 14.9. The van der Waals surface area contributed by atoms with Gasteiger partial charge in [-0.05, 0) is 43.4 Å². The van der Waals surface area contributed by atoms with E-state index in [0.29, 0.717) is 10.1 Å². The highest BCUT2D eigenvalue weighted by Gasteiger charge is 2.16. The number of aryl methyl sites for hydroxylation is 2. The largest absolute Gasteiger partial charge is 0.499 e. The zero-order chi connectivity index (χ0) is 17.4. The second kappa shape index (κ2) is 10.1. The molecule has 0 saturated carbocycles. The highest BCUT2D eigenvalue weighted by atomic mass is 32.1. The van der Waals surface area contributed by atoms with Crippen molar-refractivity contribution >= 4 is 22.7 Å². The van der Waals surface area contributed by atoms with Crippen LogP contribution in [0.2, 0.25) is 0 Å². The number of rotatable bonds is 11. The maximum Gasteiger partial charge on any atom is 0.174 e. The molecule has 2 heterocycles. The van der Waals surface area contributed by atoms with Crippen LogP contribution in [0, 0.1) is 0 Å². The number of hydrogen-bond donors (Lipinski definition) is 2. The Kier molecular flexibility index (Phi) is 8.13. The summed E-state index contributed by atoms with van der Waals surface area (Å²) in [5.41, 5.74) is 2.29. The fourth-order valence-corrected chi connectivity index (χ4v) is 5.04. The molecule has 0 fully saturated rings. The summed E-state index contributed by atoms with van der Waals surface area (Å²) in [6.45, 7) is 4.43. The van der Waals surface area contributed by atoms with Gasteiger partial charge in [0.2, 0.25) is 0 Å². The third-order valence-electron chi connectivity index (χ3n) is 4.41. The second-order valence-corrected chi connectivity index (χ2v) is 8.56. The maximum atomic E-state index is 10.3. The summed E-state index contributed by atoms with van der Waals surface area (Å²) in [7, 11) is 0. The third kappa shape index (κ3) is 5.52. The summed E-state index contributed by atoms with van der Waals surface area (Å²) < 4.78 is 0. The lowest BCUT2D eigenvalue weighted by molar-refractivity contribution is 0.482. The SMILES string of the molecule is CCCCCCc1cc(-c2sc(O)cc2CCCCCC)sc1O. The fourth-order valence-electron chi connectivity index (χ4n) is 3.00. The molecular formula is C20H30O2S2. The Labute approximate surface area is 154 Å². The molecule has 0 atom stereocenters. The molecule has 0 aromatic carbocycles. The van der Waals surface area contributed by atoms with Crippen molar-refractivity contribution in [2.45, 2.75) is 78.1 Å². The van der Waals surface area contributed by atoms with Crippen LogP contribution in [0.3, 0.4) is 0 Å². The van der Waals surface area contributed by atoms with Crippen LogP contribution in [0.25, 0.3) is 9.75 Å². The first-order chi connectivity index (χ1) is 11.7. The van der Waals surface area contributed by atoms with Gasteiger partial charge >= 0.3 is 0 Å². The molecule has 2 aromatic heterocycles. The lowest BCUT2D eigenvalue weighted by Gasteiger charge is -2.01. The van der Waals surface area contributed by atoms with E-state index in [-0.39, 0.29) is 0 Å². The van der Waals surface area contributed by atoms with Crippen molar-refractivity contribution in [2.75, 3.05) is 0 Å². The predicted molar refractivity (Wildman–Crippen MR) is 107 cm³/mol. The summed E-state index contributed by atoms with van der Waals surface area (Å²) in [6.07, 6.45) is 11.7. The molecule has 0 spiro atoms. The Morgan fingerprint density at radius 3 is 2.00 bits per heavy atom. The van der Waals surface area contributed by atoms with E-state index in [1.807, 2.05) is 6.07 Å². The number of hydrogen-bond acceptors (Lipinski definition) is 4. The summed E-state index contributed by atoms with van der Waals surface area (Å²) >= 11 is 2.90. The van der Waals surface area contributed by atoms with Crippen molar-refractivity contribution in [1.29, 1.82) is 0 Å². The molecule has 0 amide bonds. The highest BCUT2D eigenvalue weighted by Crippen LogP contribution is 2.44. The van der Waals surface area contributed by atoms with Crippen molar-refractivity contribution in [2.24, 2.45) is 0 Å². The van der Waals surface area contributed by atoms with Crippen molar-refractivity contribution in [3.05, 3.63) is 23.3 Å². The van der Waals surface area contributed by atoms with Crippen LogP contribution < -0.4 is 0 Å². The van der Waals surface area contributed by atoms with Gasteiger partial charge in [0.25, 0.3) is 0 Å². The third-order valence-corrected chi connectivity index (χ3v) is 6.55. The number of unbranched alkanes of at least 4 members (excludes halogenated alkanes) is 6. The Hall–Kier alpha value is -1.00. The van der Waals surface area contributed by atoms with Crippen LogP contribution in [-0.2, 0) is 12.8 Å². The zero-order valence-corrected chi connectivity index (χ0v) is 16.6. The average molecular weight is 367 g/mol. The van der Waals surface area contributed by atoms with Crippen molar-refractivity contribution in [1.82, 2.24) is 0 Å².